The molecule has 18 aromatic carbocycles. The van der Waals surface area contributed by atoms with Gasteiger partial charge >= 0.3 is 0 Å². The molecule has 0 bridgehead atoms. The zero-order valence-corrected chi connectivity index (χ0v) is 60.2. The first-order valence-electron chi connectivity index (χ1n) is 36.5. The van der Waals surface area contributed by atoms with Crippen molar-refractivity contribution < 1.29 is 0 Å². The van der Waals surface area contributed by atoms with Crippen LogP contribution in [-0.2, 0) is 0 Å². The molecular formula is C101H80N6. The summed E-state index contributed by atoms with van der Waals surface area (Å²) in [5.74, 6) is 0. The minimum atomic E-state index is 1.12. The maximum Gasteiger partial charge on any atom is 0.0487 e. The molecule has 6 nitrogen and oxygen atoms in total. The molecule has 0 amide bonds. The monoisotopic (exact) mass is 1380 g/mol. The van der Waals surface area contributed by atoms with Crippen LogP contribution < -0.4 is 29.4 Å². The minimum Gasteiger partial charge on any atom is -0.345 e. The molecule has 0 radical (unpaired) electrons. The number of hydrogen-bond acceptors (Lipinski definition) is 6. The van der Waals surface area contributed by atoms with Crippen LogP contribution in [0.5, 0.6) is 0 Å². The third kappa shape index (κ3) is 15.0. The molecule has 0 aliphatic heterocycles. The van der Waals surface area contributed by atoms with Gasteiger partial charge in [0.1, 0.15) is 0 Å². The summed E-state index contributed by atoms with van der Waals surface area (Å²) in [5, 5.41) is 12.5. The van der Waals surface area contributed by atoms with Crippen molar-refractivity contribution in [1.29, 1.82) is 0 Å². The number of fused-ring (bicyclic) bond motifs is 5. The lowest BCUT2D eigenvalue weighted by atomic mass is 10.1. The van der Waals surface area contributed by atoms with Gasteiger partial charge in [0.2, 0.25) is 0 Å². The molecule has 514 valence electrons. The topological polar surface area (TPSA) is 19.4 Å². The van der Waals surface area contributed by atoms with Gasteiger partial charge in [-0.25, -0.2) is 0 Å². The molecule has 0 aliphatic rings. The fourth-order valence-electron chi connectivity index (χ4n) is 14.3. The standard InChI is InChI=1S/C35H28N2.2C33H26N2/c1-36(31-19-16-29(17-20-31)27-10-4-2-5-11-27)32-22-24-34(25-23-32)37(33-14-6-3-7-15-33)35-21-18-28-12-8-9-13-30(28)26-35;1-34(32-17-15-25-9-5-7-11-27(25)23-32)29-19-21-31(22-20-29)35(30-13-3-2-4-14-30)33-18-16-26-10-6-8-12-28(26)24-33;1-34(33-17-9-13-26-11-7-8-16-32(26)33)28-20-22-30(23-21-28)35(29-14-3-2-4-15-29)31-19-18-25-10-5-6-12-27(25)24-31/h2-26H,1H3;2*2-24H,1H3. The molecular weight excluding hydrogens is 1300 g/mol. The van der Waals surface area contributed by atoms with Gasteiger partial charge in [0.05, 0.1) is 0 Å². The zero-order chi connectivity index (χ0) is 72.3. The summed E-state index contributed by atoms with van der Waals surface area (Å²) in [6.45, 7) is 0. The predicted octanol–water partition coefficient (Wildman–Crippen LogP) is 28.2. The minimum absolute atomic E-state index is 1.12. The van der Waals surface area contributed by atoms with E-state index in [1.807, 2.05) is 6.07 Å². The number of benzene rings is 18. The van der Waals surface area contributed by atoms with Crippen molar-refractivity contribution in [2.45, 2.75) is 0 Å². The van der Waals surface area contributed by atoms with E-state index in [9.17, 15) is 0 Å². The van der Waals surface area contributed by atoms with Crippen molar-refractivity contribution >= 4 is 139 Å². The quantitative estimate of drug-likeness (QED) is 0.0953. The Morgan fingerprint density at radius 2 is 0.374 bits per heavy atom. The largest absolute Gasteiger partial charge is 0.345 e. The summed E-state index contributed by atoms with van der Waals surface area (Å²) in [4.78, 5) is 13.7. The van der Waals surface area contributed by atoms with Crippen LogP contribution in [0, 0.1) is 0 Å². The Hall–Kier alpha value is -13.9. The SMILES string of the molecule is CN(c1ccc(-c2ccccc2)cc1)c1ccc(N(c2ccccc2)c2ccc3ccccc3c2)cc1.CN(c1ccc(N(c2ccccc2)c2ccc3ccccc3c2)cc1)c1ccc2ccccc2c1.CN(c1ccc(N(c2ccccc2)c2ccc3ccccc3c2)cc1)c1cccc2ccccc12. The van der Waals surface area contributed by atoms with Gasteiger partial charge in [-0.1, -0.05) is 255 Å². The molecule has 18 aromatic rings. The van der Waals surface area contributed by atoms with Crippen LogP contribution in [-0.4, -0.2) is 21.1 Å². The predicted molar refractivity (Wildman–Crippen MR) is 460 cm³/mol. The summed E-state index contributed by atoms with van der Waals surface area (Å²) >= 11 is 0. The summed E-state index contributed by atoms with van der Waals surface area (Å²) in [5.41, 5.74) is 19.6. The van der Waals surface area contributed by atoms with Crippen molar-refractivity contribution in [3.05, 3.63) is 431 Å². The molecule has 6 heteroatoms. The van der Waals surface area contributed by atoms with Crippen molar-refractivity contribution in [2.24, 2.45) is 0 Å². The van der Waals surface area contributed by atoms with Gasteiger partial charge < -0.3 is 29.4 Å². The van der Waals surface area contributed by atoms with Gasteiger partial charge in [-0.05, 0) is 236 Å². The molecule has 0 aromatic heterocycles. The lowest BCUT2D eigenvalue weighted by Gasteiger charge is -2.27. The summed E-state index contributed by atoms with van der Waals surface area (Å²) < 4.78 is 0. The van der Waals surface area contributed by atoms with Gasteiger partial charge in [-0.15, -0.1) is 0 Å². The Kier molecular flexibility index (Phi) is 19.8. The molecule has 0 saturated heterocycles. The fraction of sp³-hybridized carbons (Fsp3) is 0.0297. The summed E-state index contributed by atoms with van der Waals surface area (Å²) in [6, 6.07) is 153. The average molecular weight is 1380 g/mol. The Labute approximate surface area is 627 Å². The van der Waals surface area contributed by atoms with E-state index in [2.05, 4.69) is 475 Å². The third-order valence-electron chi connectivity index (χ3n) is 20.1. The highest BCUT2D eigenvalue weighted by molar-refractivity contribution is 5.97. The molecule has 0 spiro atoms. The maximum absolute atomic E-state index is 2.31. The first-order chi connectivity index (χ1) is 52.8. The van der Waals surface area contributed by atoms with E-state index >= 15 is 0 Å². The number of anilines is 15. The second kappa shape index (κ2) is 31.3. The average Bonchev–Trinajstić information content (AvgIpc) is 0.801. The van der Waals surface area contributed by atoms with Crippen LogP contribution in [0.3, 0.4) is 0 Å². The lowest BCUT2D eigenvalue weighted by Crippen LogP contribution is -2.12. The number of hydrogen-bond donors (Lipinski definition) is 0. The Balaban J connectivity index is 0.000000123. The van der Waals surface area contributed by atoms with Gasteiger partial charge in [-0.2, -0.15) is 0 Å². The molecule has 0 saturated carbocycles. The Morgan fingerprint density at radius 1 is 0.140 bits per heavy atom. The molecule has 18 rings (SSSR count). The van der Waals surface area contributed by atoms with E-state index in [-0.39, 0.29) is 0 Å². The Morgan fingerprint density at radius 3 is 0.748 bits per heavy atom. The second-order valence-corrected chi connectivity index (χ2v) is 26.8. The molecule has 0 N–H and O–H groups in total. The van der Waals surface area contributed by atoms with Crippen molar-refractivity contribution in [2.75, 3.05) is 50.5 Å². The summed E-state index contributed by atoms with van der Waals surface area (Å²) in [7, 11) is 6.37. The van der Waals surface area contributed by atoms with Gasteiger partial charge in [-0.3, -0.25) is 0 Å². The van der Waals surface area contributed by atoms with Crippen LogP contribution in [0.1, 0.15) is 0 Å². The van der Waals surface area contributed by atoms with E-state index < -0.39 is 0 Å². The first kappa shape index (κ1) is 67.5. The van der Waals surface area contributed by atoms with Crippen molar-refractivity contribution in [1.82, 2.24) is 0 Å². The van der Waals surface area contributed by atoms with Crippen molar-refractivity contribution in [3.8, 4) is 11.1 Å². The molecule has 0 atom stereocenters. The first-order valence-corrected chi connectivity index (χ1v) is 36.5. The number of nitrogens with zero attached hydrogens (tertiary/aromatic N) is 6. The Bertz CT molecular complexity index is 5990. The highest BCUT2D eigenvalue weighted by atomic mass is 15.2. The van der Waals surface area contributed by atoms with Crippen LogP contribution in [0.4, 0.5) is 85.3 Å². The van der Waals surface area contributed by atoms with Crippen LogP contribution in [0.15, 0.2) is 431 Å². The van der Waals surface area contributed by atoms with E-state index in [1.54, 1.807) is 0 Å². The van der Waals surface area contributed by atoms with E-state index in [4.69, 9.17) is 0 Å². The number of rotatable bonds is 16. The third-order valence-corrected chi connectivity index (χ3v) is 20.1. The van der Waals surface area contributed by atoms with Crippen LogP contribution in [0.25, 0.3) is 65.0 Å². The molecule has 0 unspecified atom stereocenters. The van der Waals surface area contributed by atoms with E-state index in [1.165, 1.54) is 76.4 Å². The number of para-hydroxylation sites is 3. The highest BCUT2D eigenvalue weighted by Crippen LogP contribution is 2.42. The maximum atomic E-state index is 2.31. The molecule has 0 heterocycles. The molecule has 107 heavy (non-hydrogen) atoms. The summed E-state index contributed by atoms with van der Waals surface area (Å²) in [6.07, 6.45) is 0. The van der Waals surface area contributed by atoms with E-state index in [0.29, 0.717) is 0 Å². The normalized spacial score (nSPS) is 10.9. The van der Waals surface area contributed by atoms with Crippen LogP contribution in [0.2, 0.25) is 0 Å². The highest BCUT2D eigenvalue weighted by Gasteiger charge is 2.19. The molecule has 0 aliphatic carbocycles. The molecule has 0 fully saturated rings. The fourth-order valence-corrected chi connectivity index (χ4v) is 14.3. The van der Waals surface area contributed by atoms with Gasteiger partial charge in [0.25, 0.3) is 0 Å². The van der Waals surface area contributed by atoms with E-state index in [0.717, 1.165) is 73.9 Å². The van der Waals surface area contributed by atoms with Crippen molar-refractivity contribution in [3.63, 3.8) is 0 Å². The van der Waals surface area contributed by atoms with Gasteiger partial charge in [0.15, 0.2) is 0 Å². The zero-order valence-electron chi connectivity index (χ0n) is 60.2. The lowest BCUT2D eigenvalue weighted by molar-refractivity contribution is 1.20. The van der Waals surface area contributed by atoms with Crippen LogP contribution >= 0.6 is 0 Å². The second-order valence-electron chi connectivity index (χ2n) is 26.8. The van der Waals surface area contributed by atoms with Gasteiger partial charge in [0, 0.05) is 112 Å². The smallest absolute Gasteiger partial charge is 0.0487 e.